The molecule has 0 aliphatic heterocycles. The van der Waals surface area contributed by atoms with Crippen molar-refractivity contribution in [3.8, 4) is 11.5 Å². The number of oxazole rings is 1. The maximum atomic E-state index is 11.3. The number of aromatic nitrogens is 3. The number of aryl methyl sites for hydroxylation is 1. The standard InChI is InChI=1S/C10H11N3O3/c1-3-15-10(14)8-6-16-9(12-8)7-4-11-13(2)5-7/h4-6H,3H2,1-2H3. The largest absolute Gasteiger partial charge is 0.461 e. The number of nitrogens with zero attached hydrogens (tertiary/aromatic N) is 3. The topological polar surface area (TPSA) is 70.2 Å². The number of hydrogen-bond donors (Lipinski definition) is 0. The summed E-state index contributed by atoms with van der Waals surface area (Å²) in [6, 6.07) is 0. The highest BCUT2D eigenvalue weighted by atomic mass is 16.5. The molecule has 0 N–H and O–H groups in total. The molecule has 2 aromatic heterocycles. The van der Waals surface area contributed by atoms with E-state index in [1.807, 2.05) is 0 Å². The van der Waals surface area contributed by atoms with Crippen LogP contribution in [0.4, 0.5) is 0 Å². The highest BCUT2D eigenvalue weighted by Gasteiger charge is 2.14. The molecule has 0 bridgehead atoms. The van der Waals surface area contributed by atoms with E-state index < -0.39 is 5.97 Å². The molecule has 16 heavy (non-hydrogen) atoms. The first-order valence-electron chi connectivity index (χ1n) is 4.82. The van der Waals surface area contributed by atoms with Crippen LogP contribution in [-0.2, 0) is 11.8 Å². The van der Waals surface area contributed by atoms with Gasteiger partial charge in [-0.15, -0.1) is 0 Å². The summed E-state index contributed by atoms with van der Waals surface area (Å²) in [5.41, 5.74) is 0.888. The molecule has 0 saturated carbocycles. The minimum atomic E-state index is -0.485. The third kappa shape index (κ3) is 1.95. The van der Waals surface area contributed by atoms with Crippen molar-refractivity contribution in [2.75, 3.05) is 6.61 Å². The Kier molecular flexibility index (Phi) is 2.72. The molecule has 2 aromatic rings. The highest BCUT2D eigenvalue weighted by Crippen LogP contribution is 2.17. The summed E-state index contributed by atoms with van der Waals surface area (Å²) in [7, 11) is 1.79. The van der Waals surface area contributed by atoms with Crippen LogP contribution >= 0.6 is 0 Å². The number of esters is 1. The zero-order valence-corrected chi connectivity index (χ0v) is 9.01. The molecule has 0 unspecified atom stereocenters. The second-order valence-electron chi connectivity index (χ2n) is 3.16. The Morgan fingerprint density at radius 2 is 2.44 bits per heavy atom. The average molecular weight is 221 g/mol. The third-order valence-electron chi connectivity index (χ3n) is 1.94. The lowest BCUT2D eigenvalue weighted by Gasteiger charge is -1.94. The van der Waals surface area contributed by atoms with Crippen molar-refractivity contribution in [1.29, 1.82) is 0 Å². The second-order valence-corrected chi connectivity index (χ2v) is 3.16. The fourth-order valence-electron chi connectivity index (χ4n) is 1.24. The summed E-state index contributed by atoms with van der Waals surface area (Å²) < 4.78 is 11.6. The Morgan fingerprint density at radius 3 is 3.06 bits per heavy atom. The normalized spacial score (nSPS) is 10.4. The van der Waals surface area contributed by atoms with Crippen molar-refractivity contribution < 1.29 is 13.9 Å². The van der Waals surface area contributed by atoms with E-state index >= 15 is 0 Å². The van der Waals surface area contributed by atoms with Gasteiger partial charge in [0.2, 0.25) is 5.89 Å². The van der Waals surface area contributed by atoms with Gasteiger partial charge >= 0.3 is 5.97 Å². The minimum Gasteiger partial charge on any atom is -0.461 e. The van der Waals surface area contributed by atoms with E-state index in [0.717, 1.165) is 5.56 Å². The van der Waals surface area contributed by atoms with Crippen molar-refractivity contribution in [3.05, 3.63) is 24.4 Å². The van der Waals surface area contributed by atoms with E-state index in [1.165, 1.54) is 6.26 Å². The van der Waals surface area contributed by atoms with Crippen LogP contribution in [0.2, 0.25) is 0 Å². The lowest BCUT2D eigenvalue weighted by atomic mass is 10.4. The van der Waals surface area contributed by atoms with Gasteiger partial charge in [0.15, 0.2) is 5.69 Å². The number of carbonyl (C=O) groups excluding carboxylic acids is 1. The number of ether oxygens (including phenoxy) is 1. The fraction of sp³-hybridized carbons (Fsp3) is 0.300. The van der Waals surface area contributed by atoms with Crippen LogP contribution < -0.4 is 0 Å². The van der Waals surface area contributed by atoms with Crippen molar-refractivity contribution in [2.45, 2.75) is 6.92 Å². The van der Waals surface area contributed by atoms with Gasteiger partial charge in [0.1, 0.15) is 6.26 Å². The molecule has 84 valence electrons. The Labute approximate surface area is 91.8 Å². The van der Waals surface area contributed by atoms with Gasteiger partial charge in [0.25, 0.3) is 0 Å². The maximum absolute atomic E-state index is 11.3. The van der Waals surface area contributed by atoms with Crippen molar-refractivity contribution >= 4 is 5.97 Å². The molecule has 0 radical (unpaired) electrons. The van der Waals surface area contributed by atoms with E-state index in [-0.39, 0.29) is 5.69 Å². The number of rotatable bonds is 3. The van der Waals surface area contributed by atoms with E-state index in [0.29, 0.717) is 12.5 Å². The SMILES string of the molecule is CCOC(=O)c1coc(-c2cnn(C)c2)n1. The van der Waals surface area contributed by atoms with Crippen molar-refractivity contribution in [2.24, 2.45) is 7.05 Å². The van der Waals surface area contributed by atoms with E-state index in [4.69, 9.17) is 9.15 Å². The third-order valence-corrected chi connectivity index (χ3v) is 1.94. The summed E-state index contributed by atoms with van der Waals surface area (Å²) in [6.45, 7) is 2.05. The molecule has 2 rings (SSSR count). The van der Waals surface area contributed by atoms with Gasteiger partial charge in [-0.25, -0.2) is 9.78 Å². The summed E-state index contributed by atoms with van der Waals surface area (Å²) in [4.78, 5) is 15.3. The van der Waals surface area contributed by atoms with Crippen LogP contribution in [0.15, 0.2) is 23.1 Å². The zero-order valence-electron chi connectivity index (χ0n) is 9.01. The van der Waals surface area contributed by atoms with Crippen molar-refractivity contribution in [1.82, 2.24) is 14.8 Å². The summed E-state index contributed by atoms with van der Waals surface area (Å²) >= 11 is 0. The molecule has 0 saturated heterocycles. The van der Waals surface area contributed by atoms with Gasteiger partial charge in [-0.1, -0.05) is 0 Å². The molecule has 0 aliphatic carbocycles. The Hall–Kier alpha value is -2.11. The molecule has 0 aliphatic rings. The predicted octanol–water partition coefficient (Wildman–Crippen LogP) is 1.25. The van der Waals surface area contributed by atoms with Gasteiger partial charge in [-0.2, -0.15) is 5.10 Å². The Balaban J connectivity index is 2.22. The van der Waals surface area contributed by atoms with Crippen LogP contribution in [0.3, 0.4) is 0 Å². The lowest BCUT2D eigenvalue weighted by molar-refractivity contribution is 0.0519. The monoisotopic (exact) mass is 221 g/mol. The predicted molar refractivity (Wildman–Crippen MR) is 54.7 cm³/mol. The van der Waals surface area contributed by atoms with Crippen LogP contribution in [0.25, 0.3) is 11.5 Å². The molecule has 6 nitrogen and oxygen atoms in total. The molecular weight excluding hydrogens is 210 g/mol. The minimum absolute atomic E-state index is 0.167. The Morgan fingerprint density at radius 1 is 1.62 bits per heavy atom. The first-order chi connectivity index (χ1) is 7.70. The van der Waals surface area contributed by atoms with E-state index in [2.05, 4.69) is 10.1 Å². The van der Waals surface area contributed by atoms with Crippen LogP contribution in [0.5, 0.6) is 0 Å². The van der Waals surface area contributed by atoms with Gasteiger partial charge in [0.05, 0.1) is 18.4 Å². The summed E-state index contributed by atoms with van der Waals surface area (Å²) in [5, 5.41) is 3.98. The number of carbonyl (C=O) groups is 1. The molecule has 0 aromatic carbocycles. The smallest absolute Gasteiger partial charge is 0.360 e. The lowest BCUT2D eigenvalue weighted by Crippen LogP contribution is -2.04. The van der Waals surface area contributed by atoms with E-state index in [1.54, 1.807) is 31.0 Å². The molecule has 2 heterocycles. The molecular formula is C10H11N3O3. The van der Waals surface area contributed by atoms with Crippen LogP contribution in [-0.4, -0.2) is 27.3 Å². The molecule has 0 atom stereocenters. The summed E-state index contributed by atoms with van der Waals surface area (Å²) in [6.07, 6.45) is 4.64. The quantitative estimate of drug-likeness (QED) is 0.729. The first-order valence-corrected chi connectivity index (χ1v) is 4.82. The number of hydrogen-bond acceptors (Lipinski definition) is 5. The summed E-state index contributed by atoms with van der Waals surface area (Å²) in [5.74, 6) is -0.127. The molecule has 6 heteroatoms. The highest BCUT2D eigenvalue weighted by molar-refractivity contribution is 5.87. The average Bonchev–Trinajstić information content (AvgIpc) is 2.85. The first kappa shape index (κ1) is 10.4. The Bertz CT molecular complexity index is 501. The maximum Gasteiger partial charge on any atom is 0.360 e. The van der Waals surface area contributed by atoms with Gasteiger partial charge < -0.3 is 9.15 Å². The molecule has 0 amide bonds. The van der Waals surface area contributed by atoms with Gasteiger partial charge in [-0.3, -0.25) is 4.68 Å². The van der Waals surface area contributed by atoms with Crippen LogP contribution in [0, 0.1) is 0 Å². The molecule has 0 spiro atoms. The van der Waals surface area contributed by atoms with Gasteiger partial charge in [0, 0.05) is 13.2 Å². The van der Waals surface area contributed by atoms with E-state index in [9.17, 15) is 4.79 Å². The zero-order chi connectivity index (χ0) is 11.5. The second kappa shape index (κ2) is 4.18. The fourth-order valence-corrected chi connectivity index (χ4v) is 1.24. The molecule has 0 fully saturated rings. The van der Waals surface area contributed by atoms with Crippen molar-refractivity contribution in [3.63, 3.8) is 0 Å². The van der Waals surface area contributed by atoms with Crippen LogP contribution in [0.1, 0.15) is 17.4 Å². The van der Waals surface area contributed by atoms with Gasteiger partial charge in [-0.05, 0) is 6.92 Å².